The van der Waals surface area contributed by atoms with Crippen LogP contribution in [0.2, 0.25) is 0 Å². The number of hydrogen-bond donors (Lipinski definition) is 2. The Morgan fingerprint density at radius 1 is 1.44 bits per heavy atom. The minimum Gasteiger partial charge on any atom is -0.508 e. The molecular weight excluding hydrogens is 202 g/mol. The lowest BCUT2D eigenvalue weighted by molar-refractivity contribution is 0.244. The van der Waals surface area contributed by atoms with Gasteiger partial charge in [0.2, 0.25) is 0 Å². The molecule has 1 saturated carbocycles. The third kappa shape index (κ3) is 1.55. The van der Waals surface area contributed by atoms with Crippen molar-refractivity contribution < 1.29 is 9.84 Å². The Kier molecular flexibility index (Phi) is 2.80. The van der Waals surface area contributed by atoms with E-state index in [1.807, 2.05) is 13.0 Å². The van der Waals surface area contributed by atoms with Crippen molar-refractivity contribution >= 4 is 0 Å². The lowest BCUT2D eigenvalue weighted by Gasteiger charge is -2.42. The Hall–Kier alpha value is -1.22. The van der Waals surface area contributed by atoms with Gasteiger partial charge in [-0.05, 0) is 31.4 Å². The van der Waals surface area contributed by atoms with E-state index in [1.165, 1.54) is 6.42 Å². The number of aryl methyl sites for hydroxylation is 1. The highest BCUT2D eigenvalue weighted by atomic mass is 16.5. The van der Waals surface area contributed by atoms with Gasteiger partial charge in [-0.15, -0.1) is 0 Å². The van der Waals surface area contributed by atoms with Crippen LogP contribution in [-0.2, 0) is 5.41 Å². The minimum atomic E-state index is 0.00111. The van der Waals surface area contributed by atoms with Crippen LogP contribution in [-0.4, -0.2) is 18.8 Å². The quantitative estimate of drug-likeness (QED) is 0.821. The van der Waals surface area contributed by atoms with Crippen LogP contribution < -0.4 is 10.5 Å². The zero-order valence-electron chi connectivity index (χ0n) is 9.92. The molecule has 1 aromatic rings. The van der Waals surface area contributed by atoms with Gasteiger partial charge in [-0.3, -0.25) is 0 Å². The van der Waals surface area contributed by atoms with E-state index in [2.05, 4.69) is 0 Å². The molecule has 0 bridgehead atoms. The summed E-state index contributed by atoms with van der Waals surface area (Å²) in [6.07, 6.45) is 3.34. The smallest absolute Gasteiger partial charge is 0.125 e. The van der Waals surface area contributed by atoms with Crippen LogP contribution in [0, 0.1) is 6.92 Å². The zero-order valence-corrected chi connectivity index (χ0v) is 9.92. The Bertz CT molecular complexity index is 392. The SMILES string of the molecule is COc1cc(O)c(C2(CN)CCC2)cc1C. The number of rotatable bonds is 3. The van der Waals surface area contributed by atoms with Crippen LogP contribution in [0.1, 0.15) is 30.4 Å². The fraction of sp³-hybridized carbons (Fsp3) is 0.538. The van der Waals surface area contributed by atoms with Crippen LogP contribution in [0.4, 0.5) is 0 Å². The predicted molar refractivity (Wildman–Crippen MR) is 64.0 cm³/mol. The Balaban J connectivity index is 2.45. The maximum Gasteiger partial charge on any atom is 0.125 e. The van der Waals surface area contributed by atoms with Gasteiger partial charge in [0.15, 0.2) is 0 Å². The lowest BCUT2D eigenvalue weighted by Crippen LogP contribution is -2.41. The topological polar surface area (TPSA) is 55.5 Å². The first-order valence-electron chi connectivity index (χ1n) is 5.71. The van der Waals surface area contributed by atoms with Crippen molar-refractivity contribution in [3.8, 4) is 11.5 Å². The summed E-state index contributed by atoms with van der Waals surface area (Å²) < 4.78 is 5.19. The second kappa shape index (κ2) is 3.98. The lowest BCUT2D eigenvalue weighted by atomic mass is 9.64. The Morgan fingerprint density at radius 2 is 2.12 bits per heavy atom. The van der Waals surface area contributed by atoms with E-state index in [4.69, 9.17) is 10.5 Å². The van der Waals surface area contributed by atoms with Crippen LogP contribution in [0.15, 0.2) is 12.1 Å². The molecule has 0 spiro atoms. The van der Waals surface area contributed by atoms with Crippen molar-refractivity contribution in [2.24, 2.45) is 5.73 Å². The molecule has 0 atom stereocenters. The number of methoxy groups -OCH3 is 1. The largest absolute Gasteiger partial charge is 0.508 e. The number of phenols is 1. The molecule has 1 aliphatic rings. The molecule has 1 aliphatic carbocycles. The monoisotopic (exact) mass is 221 g/mol. The molecule has 3 nitrogen and oxygen atoms in total. The molecule has 0 saturated heterocycles. The van der Waals surface area contributed by atoms with Crippen molar-refractivity contribution in [3.63, 3.8) is 0 Å². The number of aromatic hydroxyl groups is 1. The summed E-state index contributed by atoms with van der Waals surface area (Å²) in [5, 5.41) is 10.0. The number of ether oxygens (including phenoxy) is 1. The second-order valence-corrected chi connectivity index (χ2v) is 4.68. The molecule has 0 aromatic heterocycles. The van der Waals surface area contributed by atoms with Gasteiger partial charge in [0.05, 0.1) is 7.11 Å². The molecule has 0 heterocycles. The normalized spacial score (nSPS) is 17.9. The van der Waals surface area contributed by atoms with Gasteiger partial charge in [-0.25, -0.2) is 0 Å². The molecule has 1 fully saturated rings. The first-order valence-corrected chi connectivity index (χ1v) is 5.71. The first-order chi connectivity index (χ1) is 7.63. The summed E-state index contributed by atoms with van der Waals surface area (Å²) in [5.74, 6) is 1.04. The fourth-order valence-electron chi connectivity index (χ4n) is 2.51. The molecule has 16 heavy (non-hydrogen) atoms. The fourth-order valence-corrected chi connectivity index (χ4v) is 2.51. The summed E-state index contributed by atoms with van der Waals surface area (Å²) in [7, 11) is 1.61. The Labute approximate surface area is 96.2 Å². The molecule has 0 amide bonds. The molecule has 2 rings (SSSR count). The highest BCUT2D eigenvalue weighted by Gasteiger charge is 2.39. The summed E-state index contributed by atoms with van der Waals surface area (Å²) in [5.41, 5.74) is 7.89. The van der Waals surface area contributed by atoms with Gasteiger partial charge < -0.3 is 15.6 Å². The van der Waals surface area contributed by atoms with E-state index >= 15 is 0 Å². The van der Waals surface area contributed by atoms with Gasteiger partial charge in [0.1, 0.15) is 11.5 Å². The highest BCUT2D eigenvalue weighted by molar-refractivity contribution is 5.49. The van der Waals surface area contributed by atoms with E-state index < -0.39 is 0 Å². The van der Waals surface area contributed by atoms with Gasteiger partial charge in [0, 0.05) is 23.6 Å². The molecule has 3 heteroatoms. The number of benzene rings is 1. The van der Waals surface area contributed by atoms with E-state index in [0.29, 0.717) is 12.3 Å². The predicted octanol–water partition coefficient (Wildman–Crippen LogP) is 2.09. The zero-order chi connectivity index (χ0) is 11.8. The maximum atomic E-state index is 10.0. The Morgan fingerprint density at radius 3 is 2.56 bits per heavy atom. The van der Waals surface area contributed by atoms with Crippen molar-refractivity contribution in [2.75, 3.05) is 13.7 Å². The van der Waals surface area contributed by atoms with E-state index in [1.54, 1.807) is 13.2 Å². The summed E-state index contributed by atoms with van der Waals surface area (Å²) >= 11 is 0. The van der Waals surface area contributed by atoms with Crippen LogP contribution in [0.25, 0.3) is 0 Å². The number of hydrogen-bond acceptors (Lipinski definition) is 3. The van der Waals surface area contributed by atoms with Crippen molar-refractivity contribution in [2.45, 2.75) is 31.6 Å². The van der Waals surface area contributed by atoms with Crippen molar-refractivity contribution in [1.82, 2.24) is 0 Å². The molecule has 0 aliphatic heterocycles. The van der Waals surface area contributed by atoms with Gasteiger partial charge in [-0.1, -0.05) is 6.42 Å². The van der Waals surface area contributed by atoms with E-state index in [-0.39, 0.29) is 5.41 Å². The molecular formula is C13H19NO2. The van der Waals surface area contributed by atoms with Gasteiger partial charge in [0.25, 0.3) is 0 Å². The molecule has 88 valence electrons. The van der Waals surface area contributed by atoms with Gasteiger partial charge >= 0.3 is 0 Å². The maximum absolute atomic E-state index is 10.0. The summed E-state index contributed by atoms with van der Waals surface area (Å²) in [4.78, 5) is 0. The van der Waals surface area contributed by atoms with Crippen LogP contribution in [0.5, 0.6) is 11.5 Å². The van der Waals surface area contributed by atoms with Crippen molar-refractivity contribution in [1.29, 1.82) is 0 Å². The van der Waals surface area contributed by atoms with Crippen LogP contribution in [0.3, 0.4) is 0 Å². The highest BCUT2D eigenvalue weighted by Crippen LogP contribution is 2.47. The average Bonchev–Trinajstić information content (AvgIpc) is 2.22. The minimum absolute atomic E-state index is 0.00111. The summed E-state index contributed by atoms with van der Waals surface area (Å²) in [6, 6.07) is 3.71. The molecule has 1 aromatic carbocycles. The summed E-state index contributed by atoms with van der Waals surface area (Å²) in [6.45, 7) is 2.59. The standard InChI is InChI=1S/C13H19NO2/c1-9-6-10(11(15)7-12(9)16-2)13(8-14)4-3-5-13/h6-7,15H,3-5,8,14H2,1-2H3. The van der Waals surface area contributed by atoms with Gasteiger partial charge in [-0.2, -0.15) is 0 Å². The van der Waals surface area contributed by atoms with E-state index in [0.717, 1.165) is 29.7 Å². The average molecular weight is 221 g/mol. The number of phenolic OH excluding ortho intramolecular Hbond substituents is 1. The molecule has 3 N–H and O–H groups in total. The van der Waals surface area contributed by atoms with E-state index in [9.17, 15) is 5.11 Å². The molecule has 0 unspecified atom stereocenters. The number of nitrogens with two attached hydrogens (primary N) is 1. The van der Waals surface area contributed by atoms with Crippen molar-refractivity contribution in [3.05, 3.63) is 23.3 Å². The van der Waals surface area contributed by atoms with Crippen LogP contribution >= 0.6 is 0 Å². The molecule has 0 radical (unpaired) electrons. The third-order valence-corrected chi connectivity index (χ3v) is 3.79. The second-order valence-electron chi connectivity index (χ2n) is 4.68. The first kappa shape index (κ1) is 11.3. The third-order valence-electron chi connectivity index (χ3n) is 3.79.